The Bertz CT molecular complexity index is 707. The third-order valence-corrected chi connectivity index (χ3v) is 4.58. The first-order valence-electron chi connectivity index (χ1n) is 7.69. The van der Waals surface area contributed by atoms with E-state index in [4.69, 9.17) is 0 Å². The van der Waals surface area contributed by atoms with Gasteiger partial charge < -0.3 is 15.1 Å². The standard InChI is InChI=1S/C17H18N4O2S/c22-16(4-3-15-2-1-13-24-15)20-9-11-21(12-10-20)17(23)19-14-5-7-18-8-6-14/h1-8,13H,9-12H2,(H,18,19,23)/b4-3+. The van der Waals surface area contributed by atoms with Crippen molar-refractivity contribution in [1.82, 2.24) is 14.8 Å². The Hall–Kier alpha value is -2.67. The molecule has 2 aromatic rings. The van der Waals surface area contributed by atoms with Gasteiger partial charge in [0.25, 0.3) is 0 Å². The zero-order chi connectivity index (χ0) is 16.8. The molecule has 6 nitrogen and oxygen atoms in total. The lowest BCUT2D eigenvalue weighted by Gasteiger charge is -2.34. The zero-order valence-electron chi connectivity index (χ0n) is 13.1. The molecule has 0 unspecified atom stereocenters. The van der Waals surface area contributed by atoms with Gasteiger partial charge in [-0.25, -0.2) is 4.79 Å². The number of piperazine rings is 1. The number of rotatable bonds is 3. The van der Waals surface area contributed by atoms with Gasteiger partial charge in [-0.05, 0) is 29.7 Å². The Morgan fingerprint density at radius 3 is 2.46 bits per heavy atom. The minimum atomic E-state index is -0.151. The lowest BCUT2D eigenvalue weighted by molar-refractivity contribution is -0.127. The van der Waals surface area contributed by atoms with Gasteiger partial charge in [0.15, 0.2) is 0 Å². The van der Waals surface area contributed by atoms with E-state index < -0.39 is 0 Å². The van der Waals surface area contributed by atoms with Crippen molar-refractivity contribution < 1.29 is 9.59 Å². The maximum absolute atomic E-state index is 12.2. The van der Waals surface area contributed by atoms with Crippen LogP contribution in [0.3, 0.4) is 0 Å². The first kappa shape index (κ1) is 16.2. The van der Waals surface area contributed by atoms with Gasteiger partial charge in [-0.2, -0.15) is 0 Å². The van der Waals surface area contributed by atoms with Crippen molar-refractivity contribution in [1.29, 1.82) is 0 Å². The first-order valence-corrected chi connectivity index (χ1v) is 8.57. The molecule has 0 aliphatic carbocycles. The van der Waals surface area contributed by atoms with Gasteiger partial charge in [-0.3, -0.25) is 9.78 Å². The van der Waals surface area contributed by atoms with Crippen molar-refractivity contribution in [3.8, 4) is 0 Å². The van der Waals surface area contributed by atoms with Crippen LogP contribution in [0.5, 0.6) is 0 Å². The van der Waals surface area contributed by atoms with E-state index in [2.05, 4.69) is 10.3 Å². The van der Waals surface area contributed by atoms with Gasteiger partial charge in [0.1, 0.15) is 0 Å². The highest BCUT2D eigenvalue weighted by Crippen LogP contribution is 2.12. The molecule has 0 bridgehead atoms. The molecule has 0 spiro atoms. The zero-order valence-corrected chi connectivity index (χ0v) is 13.9. The maximum Gasteiger partial charge on any atom is 0.321 e. The summed E-state index contributed by atoms with van der Waals surface area (Å²) in [5.41, 5.74) is 0.715. The fourth-order valence-electron chi connectivity index (χ4n) is 2.41. The number of aromatic nitrogens is 1. The predicted molar refractivity (Wildman–Crippen MR) is 94.8 cm³/mol. The van der Waals surface area contributed by atoms with Gasteiger partial charge in [0, 0.05) is 55.2 Å². The van der Waals surface area contributed by atoms with Crippen LogP contribution >= 0.6 is 11.3 Å². The highest BCUT2D eigenvalue weighted by molar-refractivity contribution is 7.10. The molecule has 1 fully saturated rings. The monoisotopic (exact) mass is 342 g/mol. The first-order chi connectivity index (χ1) is 11.7. The second kappa shape index (κ2) is 7.74. The van der Waals surface area contributed by atoms with E-state index in [1.54, 1.807) is 51.7 Å². The highest BCUT2D eigenvalue weighted by Gasteiger charge is 2.23. The quantitative estimate of drug-likeness (QED) is 0.872. The summed E-state index contributed by atoms with van der Waals surface area (Å²) in [5, 5.41) is 4.81. The van der Waals surface area contributed by atoms with Gasteiger partial charge in [-0.1, -0.05) is 6.07 Å². The molecule has 7 heteroatoms. The van der Waals surface area contributed by atoms with Crippen molar-refractivity contribution in [2.24, 2.45) is 0 Å². The van der Waals surface area contributed by atoms with Crippen LogP contribution in [0.4, 0.5) is 10.5 Å². The van der Waals surface area contributed by atoms with Gasteiger partial charge in [-0.15, -0.1) is 11.3 Å². The second-order valence-corrected chi connectivity index (χ2v) is 6.31. The highest BCUT2D eigenvalue weighted by atomic mass is 32.1. The van der Waals surface area contributed by atoms with Gasteiger partial charge in [0.05, 0.1) is 0 Å². The molecule has 0 atom stereocenters. The third-order valence-electron chi connectivity index (χ3n) is 3.74. The number of urea groups is 1. The van der Waals surface area contributed by atoms with Crippen LogP contribution in [0, 0.1) is 0 Å². The fraction of sp³-hybridized carbons (Fsp3) is 0.235. The predicted octanol–water partition coefficient (Wildman–Crippen LogP) is 2.53. The van der Waals surface area contributed by atoms with Crippen LogP contribution in [0.2, 0.25) is 0 Å². The third kappa shape index (κ3) is 4.20. The van der Waals surface area contributed by atoms with Crippen molar-refractivity contribution in [3.63, 3.8) is 0 Å². The Morgan fingerprint density at radius 1 is 1.08 bits per heavy atom. The largest absolute Gasteiger partial charge is 0.336 e. The molecular weight excluding hydrogens is 324 g/mol. The molecule has 3 heterocycles. The summed E-state index contributed by atoms with van der Waals surface area (Å²) in [5.74, 6) is -0.0161. The van der Waals surface area contributed by atoms with Crippen molar-refractivity contribution in [2.75, 3.05) is 31.5 Å². The van der Waals surface area contributed by atoms with E-state index in [0.29, 0.717) is 31.9 Å². The Balaban J connectivity index is 1.48. The van der Waals surface area contributed by atoms with Crippen LogP contribution in [0.1, 0.15) is 4.88 Å². The fourth-order valence-corrected chi connectivity index (χ4v) is 3.03. The van der Waals surface area contributed by atoms with Crippen LogP contribution in [0.25, 0.3) is 6.08 Å². The van der Waals surface area contributed by atoms with E-state index >= 15 is 0 Å². The summed E-state index contributed by atoms with van der Waals surface area (Å²) in [7, 11) is 0. The maximum atomic E-state index is 12.2. The Labute approximate surface area is 144 Å². The van der Waals surface area contributed by atoms with Crippen LogP contribution in [-0.2, 0) is 4.79 Å². The van der Waals surface area contributed by atoms with E-state index in [-0.39, 0.29) is 11.9 Å². The van der Waals surface area contributed by atoms with E-state index in [1.807, 2.05) is 23.6 Å². The molecule has 2 aromatic heterocycles. The SMILES string of the molecule is O=C(/C=C/c1cccs1)N1CCN(C(=O)Nc2ccncc2)CC1. The van der Waals surface area contributed by atoms with E-state index in [0.717, 1.165) is 4.88 Å². The number of thiophene rings is 1. The average molecular weight is 342 g/mol. The van der Waals surface area contributed by atoms with Crippen LogP contribution in [0.15, 0.2) is 48.1 Å². The molecule has 0 aromatic carbocycles. The molecule has 1 saturated heterocycles. The van der Waals surface area contributed by atoms with E-state index in [1.165, 1.54) is 0 Å². The molecule has 3 amide bonds. The van der Waals surface area contributed by atoms with Crippen molar-refractivity contribution in [2.45, 2.75) is 0 Å². The van der Waals surface area contributed by atoms with E-state index in [9.17, 15) is 9.59 Å². The number of nitrogens with one attached hydrogen (secondary N) is 1. The van der Waals surface area contributed by atoms with Gasteiger partial charge in [0.2, 0.25) is 5.91 Å². The average Bonchev–Trinajstić information content (AvgIpc) is 3.14. The minimum Gasteiger partial charge on any atom is -0.336 e. The summed E-state index contributed by atoms with van der Waals surface area (Å²) in [6.07, 6.45) is 6.69. The summed E-state index contributed by atoms with van der Waals surface area (Å²) in [6, 6.07) is 7.26. The molecule has 24 heavy (non-hydrogen) atoms. The molecular formula is C17H18N4O2S. The molecule has 1 N–H and O–H groups in total. The Kier molecular flexibility index (Phi) is 5.22. The summed E-state index contributed by atoms with van der Waals surface area (Å²) >= 11 is 1.59. The van der Waals surface area contributed by atoms with Crippen LogP contribution in [-0.4, -0.2) is 52.9 Å². The molecule has 0 saturated carbocycles. The normalized spacial score (nSPS) is 14.8. The molecule has 1 aliphatic rings. The summed E-state index contributed by atoms with van der Waals surface area (Å²) in [6.45, 7) is 2.12. The molecule has 0 radical (unpaired) electrons. The number of carbonyl (C=O) groups is 2. The number of amides is 3. The summed E-state index contributed by atoms with van der Waals surface area (Å²) < 4.78 is 0. The lowest BCUT2D eigenvalue weighted by Crippen LogP contribution is -2.51. The number of nitrogens with zero attached hydrogens (tertiary/aromatic N) is 3. The topological polar surface area (TPSA) is 65.5 Å². The van der Waals surface area contributed by atoms with Crippen molar-refractivity contribution in [3.05, 3.63) is 53.0 Å². The Morgan fingerprint density at radius 2 is 1.79 bits per heavy atom. The smallest absolute Gasteiger partial charge is 0.321 e. The number of anilines is 1. The minimum absolute atomic E-state index is 0.0161. The molecule has 124 valence electrons. The summed E-state index contributed by atoms with van der Waals surface area (Å²) in [4.78, 5) is 32.8. The number of pyridine rings is 1. The number of hydrogen-bond donors (Lipinski definition) is 1. The van der Waals surface area contributed by atoms with Crippen molar-refractivity contribution >= 4 is 35.0 Å². The number of hydrogen-bond acceptors (Lipinski definition) is 4. The second-order valence-electron chi connectivity index (χ2n) is 5.33. The molecule has 3 rings (SSSR count). The molecule has 1 aliphatic heterocycles. The van der Waals surface area contributed by atoms with Gasteiger partial charge >= 0.3 is 6.03 Å². The lowest BCUT2D eigenvalue weighted by atomic mass is 10.3. The van der Waals surface area contributed by atoms with Crippen LogP contribution < -0.4 is 5.32 Å². The number of carbonyl (C=O) groups excluding carboxylic acids is 2.